The molecule has 30 heavy (non-hydrogen) atoms. The summed E-state index contributed by atoms with van der Waals surface area (Å²) in [5.74, 6) is -1.88. The van der Waals surface area contributed by atoms with E-state index in [1.807, 2.05) is 11.4 Å². The van der Waals surface area contributed by atoms with Gasteiger partial charge in [0.1, 0.15) is 5.82 Å². The number of nitrogens with one attached hydrogen (secondary N) is 2. The molecular weight excluding hydrogens is 401 g/mol. The van der Waals surface area contributed by atoms with Crippen LogP contribution in [0.1, 0.15) is 22.7 Å². The molecule has 5 nitrogen and oxygen atoms in total. The molecule has 0 unspecified atom stereocenters. The normalized spacial score (nSPS) is 14.6. The van der Waals surface area contributed by atoms with E-state index in [-0.39, 0.29) is 6.04 Å². The van der Waals surface area contributed by atoms with E-state index in [0.717, 1.165) is 25.1 Å². The van der Waals surface area contributed by atoms with Gasteiger partial charge in [0.15, 0.2) is 0 Å². The molecule has 0 saturated carbocycles. The van der Waals surface area contributed by atoms with Gasteiger partial charge in [0.05, 0.1) is 6.04 Å². The zero-order chi connectivity index (χ0) is 20.9. The number of benzene rings is 2. The zero-order valence-corrected chi connectivity index (χ0v) is 17.1. The Morgan fingerprint density at radius 3 is 2.53 bits per heavy atom. The molecule has 1 aliphatic rings. The second kappa shape index (κ2) is 9.19. The van der Waals surface area contributed by atoms with E-state index in [1.165, 1.54) is 35.4 Å². The molecule has 2 heterocycles. The van der Waals surface area contributed by atoms with Gasteiger partial charge in [-0.15, -0.1) is 0 Å². The highest BCUT2D eigenvalue weighted by molar-refractivity contribution is 7.08. The summed E-state index contributed by atoms with van der Waals surface area (Å²) in [4.78, 5) is 26.9. The van der Waals surface area contributed by atoms with Crippen molar-refractivity contribution >= 4 is 28.8 Å². The number of fused-ring (bicyclic) bond motifs is 1. The van der Waals surface area contributed by atoms with Crippen LogP contribution in [0, 0.1) is 5.82 Å². The fourth-order valence-corrected chi connectivity index (χ4v) is 4.40. The predicted octanol–water partition coefficient (Wildman–Crippen LogP) is 3.74. The van der Waals surface area contributed by atoms with E-state index in [2.05, 4.69) is 45.2 Å². The van der Waals surface area contributed by atoms with Crippen molar-refractivity contribution < 1.29 is 14.0 Å². The first-order valence-corrected chi connectivity index (χ1v) is 10.7. The number of halogens is 1. The molecule has 3 aromatic rings. The Morgan fingerprint density at radius 2 is 1.80 bits per heavy atom. The highest BCUT2D eigenvalue weighted by Crippen LogP contribution is 2.28. The van der Waals surface area contributed by atoms with Crippen molar-refractivity contribution in [3.63, 3.8) is 0 Å². The minimum atomic E-state index is -0.769. The van der Waals surface area contributed by atoms with E-state index in [1.54, 1.807) is 11.3 Å². The third-order valence-corrected chi connectivity index (χ3v) is 5.99. The van der Waals surface area contributed by atoms with Crippen molar-refractivity contribution in [2.24, 2.45) is 0 Å². The lowest BCUT2D eigenvalue weighted by molar-refractivity contribution is -0.136. The highest BCUT2D eigenvalue weighted by atomic mass is 32.1. The largest absolute Gasteiger partial charge is 0.346 e. The van der Waals surface area contributed by atoms with Crippen LogP contribution in [0.5, 0.6) is 0 Å². The Balaban J connectivity index is 1.41. The number of hydrogen-bond acceptors (Lipinski definition) is 4. The van der Waals surface area contributed by atoms with Crippen molar-refractivity contribution in [1.29, 1.82) is 0 Å². The van der Waals surface area contributed by atoms with Crippen molar-refractivity contribution in [3.05, 3.63) is 87.9 Å². The minimum Gasteiger partial charge on any atom is -0.346 e. The van der Waals surface area contributed by atoms with Crippen LogP contribution < -0.4 is 10.6 Å². The lowest BCUT2D eigenvalue weighted by Crippen LogP contribution is -2.43. The summed E-state index contributed by atoms with van der Waals surface area (Å²) in [5, 5.41) is 9.35. The summed E-state index contributed by atoms with van der Waals surface area (Å²) in [5.41, 5.74) is 4.15. The molecule has 2 N–H and O–H groups in total. The quantitative estimate of drug-likeness (QED) is 0.615. The predicted molar refractivity (Wildman–Crippen MR) is 116 cm³/mol. The Morgan fingerprint density at radius 1 is 1.03 bits per heavy atom. The van der Waals surface area contributed by atoms with Crippen LogP contribution >= 0.6 is 11.3 Å². The summed E-state index contributed by atoms with van der Waals surface area (Å²) < 4.78 is 13.0. The van der Waals surface area contributed by atoms with Crippen LogP contribution in [0.3, 0.4) is 0 Å². The molecule has 7 heteroatoms. The van der Waals surface area contributed by atoms with Gasteiger partial charge in [-0.3, -0.25) is 14.5 Å². The van der Waals surface area contributed by atoms with Gasteiger partial charge in [0, 0.05) is 25.3 Å². The lowest BCUT2D eigenvalue weighted by Gasteiger charge is -2.35. The molecule has 0 fully saturated rings. The highest BCUT2D eigenvalue weighted by Gasteiger charge is 2.26. The number of rotatable bonds is 5. The smallest absolute Gasteiger partial charge is 0.313 e. The molecule has 0 saturated heterocycles. The zero-order valence-electron chi connectivity index (χ0n) is 16.3. The SMILES string of the molecule is O=C(NC[C@H](c1ccsc1)N1CCc2ccccc2C1)C(=O)Nc1ccc(F)cc1. The fourth-order valence-electron chi connectivity index (χ4n) is 3.70. The van der Waals surface area contributed by atoms with Crippen LogP contribution in [-0.4, -0.2) is 29.8 Å². The van der Waals surface area contributed by atoms with Gasteiger partial charge in [-0.1, -0.05) is 24.3 Å². The molecule has 0 bridgehead atoms. The van der Waals surface area contributed by atoms with Gasteiger partial charge < -0.3 is 10.6 Å². The number of carbonyl (C=O) groups excluding carboxylic acids is 2. The third kappa shape index (κ3) is 4.75. The van der Waals surface area contributed by atoms with Crippen LogP contribution in [0.25, 0.3) is 0 Å². The topological polar surface area (TPSA) is 61.4 Å². The van der Waals surface area contributed by atoms with E-state index in [9.17, 15) is 14.0 Å². The average Bonchev–Trinajstić information content (AvgIpc) is 3.30. The first-order chi connectivity index (χ1) is 14.6. The molecule has 1 atom stereocenters. The summed E-state index contributed by atoms with van der Waals surface area (Å²) in [6.45, 7) is 2.01. The molecule has 0 aliphatic carbocycles. The molecular formula is C23H22FN3O2S. The standard InChI is InChI=1S/C23H22FN3O2S/c24-19-5-7-20(8-6-19)26-23(29)22(28)25-13-21(18-10-12-30-15-18)27-11-9-16-3-1-2-4-17(16)14-27/h1-8,10,12,15,21H,9,11,13-14H2,(H,25,28)(H,26,29)/t21-/m1/s1. The van der Waals surface area contributed by atoms with E-state index in [0.29, 0.717) is 12.2 Å². The molecule has 2 aromatic carbocycles. The maximum absolute atomic E-state index is 13.0. The first kappa shape index (κ1) is 20.3. The van der Waals surface area contributed by atoms with E-state index in [4.69, 9.17) is 0 Å². The minimum absolute atomic E-state index is 0.0211. The fraction of sp³-hybridized carbons (Fsp3) is 0.217. The number of carbonyl (C=O) groups is 2. The molecule has 2 amide bonds. The first-order valence-electron chi connectivity index (χ1n) is 9.78. The molecule has 1 aliphatic heterocycles. The van der Waals surface area contributed by atoms with Gasteiger partial charge in [-0.2, -0.15) is 11.3 Å². The maximum atomic E-state index is 13.0. The van der Waals surface area contributed by atoms with Crippen LogP contribution in [0.4, 0.5) is 10.1 Å². The number of anilines is 1. The Labute approximate surface area is 178 Å². The van der Waals surface area contributed by atoms with Gasteiger partial charge >= 0.3 is 11.8 Å². The van der Waals surface area contributed by atoms with Crippen molar-refractivity contribution in [1.82, 2.24) is 10.2 Å². The van der Waals surface area contributed by atoms with Gasteiger partial charge in [0.25, 0.3) is 0 Å². The summed E-state index contributed by atoms with van der Waals surface area (Å²) in [6, 6.07) is 15.7. The van der Waals surface area contributed by atoms with Gasteiger partial charge in [-0.25, -0.2) is 4.39 Å². The maximum Gasteiger partial charge on any atom is 0.313 e. The molecule has 1 aromatic heterocycles. The average molecular weight is 424 g/mol. The molecule has 154 valence electrons. The van der Waals surface area contributed by atoms with E-state index >= 15 is 0 Å². The Kier molecular flexibility index (Phi) is 6.21. The Hall–Kier alpha value is -3.03. The number of nitrogens with zero attached hydrogens (tertiary/aromatic N) is 1. The van der Waals surface area contributed by atoms with Crippen LogP contribution in [0.2, 0.25) is 0 Å². The second-order valence-electron chi connectivity index (χ2n) is 7.23. The third-order valence-electron chi connectivity index (χ3n) is 5.29. The Bertz CT molecular complexity index is 1020. The van der Waals surface area contributed by atoms with Gasteiger partial charge in [0.2, 0.25) is 0 Å². The summed E-state index contributed by atoms with van der Waals surface area (Å²) >= 11 is 1.61. The molecule has 0 spiro atoms. The lowest BCUT2D eigenvalue weighted by atomic mass is 9.97. The van der Waals surface area contributed by atoms with Crippen molar-refractivity contribution in [3.8, 4) is 0 Å². The van der Waals surface area contributed by atoms with Crippen LogP contribution in [0.15, 0.2) is 65.4 Å². The van der Waals surface area contributed by atoms with Crippen LogP contribution in [-0.2, 0) is 22.6 Å². The van der Waals surface area contributed by atoms with Crippen molar-refractivity contribution in [2.75, 3.05) is 18.4 Å². The second-order valence-corrected chi connectivity index (χ2v) is 8.01. The monoisotopic (exact) mass is 423 g/mol. The summed E-state index contributed by atoms with van der Waals surface area (Å²) in [6.07, 6.45) is 0.954. The van der Waals surface area contributed by atoms with Crippen molar-refractivity contribution in [2.45, 2.75) is 19.0 Å². The van der Waals surface area contributed by atoms with Gasteiger partial charge in [-0.05, 0) is 64.2 Å². The molecule has 4 rings (SSSR count). The molecule has 0 radical (unpaired) electrons. The number of hydrogen-bond donors (Lipinski definition) is 2. The number of thiophene rings is 1. The van der Waals surface area contributed by atoms with E-state index < -0.39 is 17.6 Å². The summed E-state index contributed by atoms with van der Waals surface area (Å²) in [7, 11) is 0. The number of amides is 2.